The van der Waals surface area contributed by atoms with Gasteiger partial charge in [0, 0.05) is 5.54 Å². The molecule has 0 atom stereocenters. The highest BCUT2D eigenvalue weighted by Crippen LogP contribution is 2.23. The third-order valence-electron chi connectivity index (χ3n) is 2.75. The molecule has 0 aliphatic carbocycles. The Morgan fingerprint density at radius 3 is 1.71 bits per heavy atom. The Morgan fingerprint density at radius 2 is 1.43 bits per heavy atom. The van der Waals surface area contributed by atoms with Gasteiger partial charge in [0.25, 0.3) is 0 Å². The second-order valence-corrected chi connectivity index (χ2v) is 5.40. The molecular weight excluding hydrogens is 170 g/mol. The molecule has 0 N–H and O–H groups in total. The van der Waals surface area contributed by atoms with E-state index in [0.29, 0.717) is 5.54 Å². The molecule has 0 saturated carbocycles. The van der Waals surface area contributed by atoms with Crippen molar-refractivity contribution in [1.82, 2.24) is 4.90 Å². The second kappa shape index (κ2) is 6.44. The number of hydrogen-bond acceptors (Lipinski definition) is 1. The summed E-state index contributed by atoms with van der Waals surface area (Å²) in [5.41, 5.74) is 0.375. The maximum absolute atomic E-state index is 2.65. The Bertz CT molecular complexity index is 132. The van der Waals surface area contributed by atoms with Crippen molar-refractivity contribution in [2.45, 2.75) is 66.3 Å². The van der Waals surface area contributed by atoms with E-state index in [-0.39, 0.29) is 0 Å². The molecule has 0 amide bonds. The molecule has 0 aromatic carbocycles. The zero-order valence-corrected chi connectivity index (χ0v) is 11.1. The molecule has 0 rings (SSSR count). The third kappa shape index (κ3) is 4.99. The molecule has 0 aromatic rings. The topological polar surface area (TPSA) is 3.24 Å². The summed E-state index contributed by atoms with van der Waals surface area (Å²) in [7, 11) is 0. The van der Waals surface area contributed by atoms with Crippen molar-refractivity contribution in [2.75, 3.05) is 13.1 Å². The lowest BCUT2D eigenvalue weighted by Gasteiger charge is -2.39. The van der Waals surface area contributed by atoms with Gasteiger partial charge in [-0.2, -0.15) is 0 Å². The molecule has 0 radical (unpaired) electrons. The van der Waals surface area contributed by atoms with E-state index in [1.807, 2.05) is 0 Å². The van der Waals surface area contributed by atoms with E-state index in [4.69, 9.17) is 0 Å². The predicted octanol–water partition coefficient (Wildman–Crippen LogP) is 3.93. The van der Waals surface area contributed by atoms with E-state index < -0.39 is 0 Å². The lowest BCUT2D eigenvalue weighted by atomic mass is 9.90. The minimum Gasteiger partial charge on any atom is -0.298 e. The van der Waals surface area contributed by atoms with Crippen LogP contribution in [0, 0.1) is 5.92 Å². The van der Waals surface area contributed by atoms with Gasteiger partial charge in [0.15, 0.2) is 0 Å². The lowest BCUT2D eigenvalue weighted by Crippen LogP contribution is -2.45. The monoisotopic (exact) mass is 199 g/mol. The Labute approximate surface area is 90.9 Å². The van der Waals surface area contributed by atoms with E-state index >= 15 is 0 Å². The molecule has 0 unspecified atom stereocenters. The van der Waals surface area contributed by atoms with Crippen molar-refractivity contribution in [3.8, 4) is 0 Å². The van der Waals surface area contributed by atoms with Gasteiger partial charge in [-0.05, 0) is 52.1 Å². The molecule has 0 spiro atoms. The predicted molar refractivity (Wildman–Crippen MR) is 65.7 cm³/mol. The summed E-state index contributed by atoms with van der Waals surface area (Å²) in [4.78, 5) is 2.65. The van der Waals surface area contributed by atoms with Gasteiger partial charge in [-0.1, -0.05) is 27.7 Å². The lowest BCUT2D eigenvalue weighted by molar-refractivity contribution is 0.0982. The average molecular weight is 199 g/mol. The standard InChI is InChI=1S/C13H29N/c1-7-9-14(10-8-2)13(5,6)11-12(3)4/h12H,7-11H2,1-6H3. The van der Waals surface area contributed by atoms with Crippen molar-refractivity contribution in [3.05, 3.63) is 0 Å². The van der Waals surface area contributed by atoms with Crippen molar-refractivity contribution < 1.29 is 0 Å². The van der Waals surface area contributed by atoms with E-state index in [9.17, 15) is 0 Å². The molecule has 86 valence electrons. The van der Waals surface area contributed by atoms with Gasteiger partial charge in [-0.3, -0.25) is 4.90 Å². The fourth-order valence-corrected chi connectivity index (χ4v) is 2.39. The number of nitrogens with zero attached hydrogens (tertiary/aromatic N) is 1. The maximum Gasteiger partial charge on any atom is 0.0155 e. The number of hydrogen-bond donors (Lipinski definition) is 0. The average Bonchev–Trinajstić information content (AvgIpc) is 2.01. The molecule has 0 fully saturated rings. The van der Waals surface area contributed by atoms with Crippen LogP contribution >= 0.6 is 0 Å². The Hall–Kier alpha value is -0.0400. The van der Waals surface area contributed by atoms with Gasteiger partial charge in [0.05, 0.1) is 0 Å². The Morgan fingerprint density at radius 1 is 1.00 bits per heavy atom. The normalized spacial score (nSPS) is 12.9. The smallest absolute Gasteiger partial charge is 0.0155 e. The minimum absolute atomic E-state index is 0.375. The van der Waals surface area contributed by atoms with Crippen LogP contribution in [0.2, 0.25) is 0 Å². The van der Waals surface area contributed by atoms with Crippen LogP contribution in [0.15, 0.2) is 0 Å². The second-order valence-electron chi connectivity index (χ2n) is 5.40. The first-order valence-electron chi connectivity index (χ1n) is 6.19. The molecule has 0 aliphatic heterocycles. The highest BCUT2D eigenvalue weighted by atomic mass is 15.2. The molecule has 0 aromatic heterocycles. The van der Waals surface area contributed by atoms with Gasteiger partial charge in [0.1, 0.15) is 0 Å². The first-order valence-corrected chi connectivity index (χ1v) is 6.19. The maximum atomic E-state index is 2.65. The van der Waals surface area contributed by atoms with E-state index in [1.54, 1.807) is 0 Å². The molecular formula is C13H29N. The van der Waals surface area contributed by atoms with Gasteiger partial charge < -0.3 is 0 Å². The first kappa shape index (κ1) is 14.0. The summed E-state index contributed by atoms with van der Waals surface area (Å²) >= 11 is 0. The van der Waals surface area contributed by atoms with Crippen LogP contribution in [0.25, 0.3) is 0 Å². The highest BCUT2D eigenvalue weighted by Gasteiger charge is 2.25. The molecule has 0 saturated heterocycles. The zero-order chi connectivity index (χ0) is 11.2. The SMILES string of the molecule is CCCN(CCC)C(C)(C)CC(C)C. The van der Waals surface area contributed by atoms with Crippen LogP contribution in [0.4, 0.5) is 0 Å². The fourth-order valence-electron chi connectivity index (χ4n) is 2.39. The molecule has 1 nitrogen and oxygen atoms in total. The largest absolute Gasteiger partial charge is 0.298 e. The third-order valence-corrected chi connectivity index (χ3v) is 2.75. The van der Waals surface area contributed by atoms with Crippen LogP contribution < -0.4 is 0 Å². The molecule has 0 heterocycles. The van der Waals surface area contributed by atoms with E-state index in [2.05, 4.69) is 46.4 Å². The van der Waals surface area contributed by atoms with Crippen molar-refractivity contribution in [2.24, 2.45) is 5.92 Å². The zero-order valence-electron chi connectivity index (χ0n) is 11.1. The van der Waals surface area contributed by atoms with Crippen molar-refractivity contribution in [3.63, 3.8) is 0 Å². The molecule has 1 heteroatoms. The molecule has 14 heavy (non-hydrogen) atoms. The summed E-state index contributed by atoms with van der Waals surface area (Å²) in [6, 6.07) is 0. The van der Waals surface area contributed by atoms with Crippen LogP contribution in [0.3, 0.4) is 0 Å². The van der Waals surface area contributed by atoms with Crippen molar-refractivity contribution in [1.29, 1.82) is 0 Å². The first-order chi connectivity index (χ1) is 6.44. The van der Waals surface area contributed by atoms with Crippen LogP contribution in [0.5, 0.6) is 0 Å². The summed E-state index contributed by atoms with van der Waals surface area (Å²) in [6.07, 6.45) is 3.83. The Balaban J connectivity index is 4.28. The minimum atomic E-state index is 0.375. The van der Waals surface area contributed by atoms with Crippen LogP contribution in [-0.2, 0) is 0 Å². The Kier molecular flexibility index (Phi) is 6.43. The summed E-state index contributed by atoms with van der Waals surface area (Å²) in [5.74, 6) is 0.793. The highest BCUT2D eigenvalue weighted by molar-refractivity contribution is 4.82. The van der Waals surface area contributed by atoms with Gasteiger partial charge in [0.2, 0.25) is 0 Å². The van der Waals surface area contributed by atoms with Gasteiger partial charge >= 0.3 is 0 Å². The van der Waals surface area contributed by atoms with Crippen LogP contribution in [0.1, 0.15) is 60.8 Å². The van der Waals surface area contributed by atoms with E-state index in [0.717, 1.165) is 5.92 Å². The summed E-state index contributed by atoms with van der Waals surface area (Å²) < 4.78 is 0. The fraction of sp³-hybridized carbons (Fsp3) is 1.00. The van der Waals surface area contributed by atoms with Crippen LogP contribution in [-0.4, -0.2) is 23.5 Å². The number of rotatable bonds is 7. The van der Waals surface area contributed by atoms with Gasteiger partial charge in [-0.15, -0.1) is 0 Å². The summed E-state index contributed by atoms with van der Waals surface area (Å²) in [6.45, 7) is 16.4. The summed E-state index contributed by atoms with van der Waals surface area (Å²) in [5, 5.41) is 0. The van der Waals surface area contributed by atoms with E-state index in [1.165, 1.54) is 32.4 Å². The van der Waals surface area contributed by atoms with Crippen molar-refractivity contribution >= 4 is 0 Å². The molecule has 0 bridgehead atoms. The molecule has 0 aliphatic rings. The quantitative estimate of drug-likeness (QED) is 0.600. The van der Waals surface area contributed by atoms with Gasteiger partial charge in [-0.25, -0.2) is 0 Å².